The van der Waals surface area contributed by atoms with Crippen LogP contribution in [0.1, 0.15) is 32.1 Å². The van der Waals surface area contributed by atoms with Crippen LogP contribution in [-0.2, 0) is 4.79 Å². The van der Waals surface area contributed by atoms with E-state index in [1.807, 2.05) is 11.8 Å². The first-order chi connectivity index (χ1) is 7.83. The van der Waals surface area contributed by atoms with Gasteiger partial charge in [0.15, 0.2) is 0 Å². The molecule has 1 fully saturated rings. The van der Waals surface area contributed by atoms with Crippen molar-refractivity contribution in [3.8, 4) is 0 Å². The maximum atomic E-state index is 11.4. The van der Waals surface area contributed by atoms with E-state index in [1.165, 1.54) is 31.4 Å². The van der Waals surface area contributed by atoms with Gasteiger partial charge in [-0.25, -0.2) is 0 Å². The van der Waals surface area contributed by atoms with Gasteiger partial charge >= 0.3 is 0 Å². The average Bonchev–Trinajstić information content (AvgIpc) is 3.07. The number of amides is 1. The lowest BCUT2D eigenvalue weighted by molar-refractivity contribution is -0.120. The standard InChI is InChI=1S/C12H24N2OS/c1-16-8-4-2-3-7-14-12(15)10-13-9-11-5-6-11/h11,13H,2-10H2,1H3,(H,14,15). The largest absolute Gasteiger partial charge is 0.355 e. The van der Waals surface area contributed by atoms with Crippen molar-refractivity contribution in [2.45, 2.75) is 32.1 Å². The summed E-state index contributed by atoms with van der Waals surface area (Å²) < 4.78 is 0. The second-order valence-electron chi connectivity index (χ2n) is 4.48. The molecule has 0 bridgehead atoms. The Morgan fingerprint density at radius 2 is 2.12 bits per heavy atom. The maximum absolute atomic E-state index is 11.4. The van der Waals surface area contributed by atoms with Gasteiger partial charge in [-0.1, -0.05) is 6.42 Å². The highest BCUT2D eigenvalue weighted by atomic mass is 32.2. The van der Waals surface area contributed by atoms with Crippen LogP contribution in [0.4, 0.5) is 0 Å². The minimum absolute atomic E-state index is 0.144. The lowest BCUT2D eigenvalue weighted by Gasteiger charge is -2.06. The Morgan fingerprint density at radius 1 is 1.31 bits per heavy atom. The summed E-state index contributed by atoms with van der Waals surface area (Å²) in [5.41, 5.74) is 0. The smallest absolute Gasteiger partial charge is 0.233 e. The van der Waals surface area contributed by atoms with Crippen molar-refractivity contribution in [1.29, 1.82) is 0 Å². The van der Waals surface area contributed by atoms with Gasteiger partial charge < -0.3 is 10.6 Å². The van der Waals surface area contributed by atoms with E-state index in [-0.39, 0.29) is 5.91 Å². The van der Waals surface area contributed by atoms with Gasteiger partial charge in [-0.3, -0.25) is 4.79 Å². The molecule has 94 valence electrons. The number of carbonyl (C=O) groups excluding carboxylic acids is 1. The zero-order valence-electron chi connectivity index (χ0n) is 10.3. The fourth-order valence-corrected chi connectivity index (χ4v) is 2.04. The monoisotopic (exact) mass is 244 g/mol. The van der Waals surface area contributed by atoms with Crippen LogP contribution >= 0.6 is 11.8 Å². The van der Waals surface area contributed by atoms with E-state index in [4.69, 9.17) is 0 Å². The summed E-state index contributed by atoms with van der Waals surface area (Å²) >= 11 is 1.89. The van der Waals surface area contributed by atoms with Gasteiger partial charge in [0.2, 0.25) is 5.91 Å². The highest BCUT2D eigenvalue weighted by Gasteiger charge is 2.20. The third-order valence-corrected chi connectivity index (χ3v) is 3.46. The fraction of sp³-hybridized carbons (Fsp3) is 0.917. The molecular weight excluding hydrogens is 220 g/mol. The summed E-state index contributed by atoms with van der Waals surface area (Å²) in [5, 5.41) is 6.14. The Morgan fingerprint density at radius 3 is 2.81 bits per heavy atom. The van der Waals surface area contributed by atoms with Crippen LogP contribution in [0.3, 0.4) is 0 Å². The van der Waals surface area contributed by atoms with Gasteiger partial charge in [-0.15, -0.1) is 0 Å². The highest BCUT2D eigenvalue weighted by Crippen LogP contribution is 2.27. The first-order valence-corrected chi connectivity index (χ1v) is 7.68. The van der Waals surface area contributed by atoms with Gasteiger partial charge in [0.25, 0.3) is 0 Å². The number of unbranched alkanes of at least 4 members (excludes halogenated alkanes) is 2. The predicted molar refractivity (Wildman–Crippen MR) is 70.8 cm³/mol. The van der Waals surface area contributed by atoms with Crippen LogP contribution in [-0.4, -0.2) is 37.6 Å². The van der Waals surface area contributed by atoms with Gasteiger partial charge in [-0.2, -0.15) is 11.8 Å². The molecule has 2 N–H and O–H groups in total. The van der Waals surface area contributed by atoms with E-state index in [2.05, 4.69) is 16.9 Å². The molecule has 0 atom stereocenters. The summed E-state index contributed by atoms with van der Waals surface area (Å²) in [6, 6.07) is 0. The Balaban J connectivity index is 1.78. The molecule has 1 rings (SSSR count). The first kappa shape index (κ1) is 13.8. The number of thioether (sulfide) groups is 1. The topological polar surface area (TPSA) is 41.1 Å². The summed E-state index contributed by atoms with van der Waals surface area (Å²) in [6.45, 7) is 2.33. The van der Waals surface area contributed by atoms with Gasteiger partial charge in [0.1, 0.15) is 0 Å². The van der Waals surface area contributed by atoms with Crippen LogP contribution in [0.5, 0.6) is 0 Å². The lowest BCUT2D eigenvalue weighted by atomic mass is 10.2. The molecule has 0 saturated heterocycles. The summed E-state index contributed by atoms with van der Waals surface area (Å²) in [5.74, 6) is 2.22. The van der Waals surface area contributed by atoms with Crippen molar-refractivity contribution in [2.75, 3.05) is 31.6 Å². The molecule has 0 aromatic carbocycles. The van der Waals surface area contributed by atoms with Crippen LogP contribution in [0, 0.1) is 5.92 Å². The molecule has 0 aromatic rings. The van der Waals surface area contributed by atoms with Crippen molar-refractivity contribution in [3.05, 3.63) is 0 Å². The van der Waals surface area contributed by atoms with Crippen molar-refractivity contribution in [2.24, 2.45) is 5.92 Å². The van der Waals surface area contributed by atoms with Gasteiger partial charge in [0.05, 0.1) is 6.54 Å². The quantitative estimate of drug-likeness (QED) is 0.574. The lowest BCUT2D eigenvalue weighted by Crippen LogP contribution is -2.35. The average molecular weight is 244 g/mol. The Hall–Kier alpha value is -0.220. The van der Waals surface area contributed by atoms with Crippen molar-refractivity contribution in [1.82, 2.24) is 10.6 Å². The number of rotatable bonds is 10. The zero-order valence-corrected chi connectivity index (χ0v) is 11.1. The molecular formula is C12H24N2OS. The number of hydrogen-bond donors (Lipinski definition) is 2. The molecule has 0 aliphatic heterocycles. The third kappa shape index (κ3) is 7.99. The fourth-order valence-electron chi connectivity index (χ4n) is 1.55. The highest BCUT2D eigenvalue weighted by molar-refractivity contribution is 7.98. The first-order valence-electron chi connectivity index (χ1n) is 6.29. The zero-order chi connectivity index (χ0) is 11.6. The molecule has 0 radical (unpaired) electrons. The molecule has 1 amide bonds. The molecule has 1 aliphatic carbocycles. The normalized spacial score (nSPS) is 15.1. The van der Waals surface area contributed by atoms with Crippen LogP contribution < -0.4 is 10.6 Å². The summed E-state index contributed by atoms with van der Waals surface area (Å²) in [6.07, 6.45) is 8.39. The van der Waals surface area contributed by atoms with E-state index in [1.54, 1.807) is 0 Å². The van der Waals surface area contributed by atoms with E-state index in [0.717, 1.165) is 25.4 Å². The molecule has 0 heterocycles. The Labute approximate surface area is 103 Å². The van der Waals surface area contributed by atoms with Crippen molar-refractivity contribution >= 4 is 17.7 Å². The number of hydrogen-bond acceptors (Lipinski definition) is 3. The number of carbonyl (C=O) groups is 1. The molecule has 3 nitrogen and oxygen atoms in total. The van der Waals surface area contributed by atoms with Crippen LogP contribution in [0.15, 0.2) is 0 Å². The molecule has 1 saturated carbocycles. The maximum Gasteiger partial charge on any atom is 0.233 e. The molecule has 4 heteroatoms. The third-order valence-electron chi connectivity index (χ3n) is 2.76. The van der Waals surface area contributed by atoms with Crippen molar-refractivity contribution in [3.63, 3.8) is 0 Å². The van der Waals surface area contributed by atoms with Crippen molar-refractivity contribution < 1.29 is 4.79 Å². The molecule has 0 aromatic heterocycles. The van der Waals surface area contributed by atoms with Crippen LogP contribution in [0.2, 0.25) is 0 Å². The molecule has 16 heavy (non-hydrogen) atoms. The number of nitrogens with one attached hydrogen (secondary N) is 2. The van der Waals surface area contributed by atoms with Gasteiger partial charge in [-0.05, 0) is 50.2 Å². The molecule has 0 unspecified atom stereocenters. The van der Waals surface area contributed by atoms with E-state index in [0.29, 0.717) is 6.54 Å². The van der Waals surface area contributed by atoms with Gasteiger partial charge in [0, 0.05) is 6.54 Å². The molecule has 0 spiro atoms. The second kappa shape index (κ2) is 8.88. The molecule has 1 aliphatic rings. The predicted octanol–water partition coefficient (Wildman–Crippen LogP) is 1.64. The minimum Gasteiger partial charge on any atom is -0.355 e. The van der Waals surface area contributed by atoms with E-state index >= 15 is 0 Å². The Kier molecular flexibility index (Phi) is 7.68. The Bertz CT molecular complexity index is 195. The van der Waals surface area contributed by atoms with E-state index < -0.39 is 0 Å². The second-order valence-corrected chi connectivity index (χ2v) is 5.46. The SMILES string of the molecule is CSCCCCCNC(=O)CNCC1CC1. The summed E-state index contributed by atoms with van der Waals surface area (Å²) in [4.78, 5) is 11.4. The summed E-state index contributed by atoms with van der Waals surface area (Å²) in [7, 11) is 0. The minimum atomic E-state index is 0.144. The van der Waals surface area contributed by atoms with E-state index in [9.17, 15) is 4.79 Å². The van der Waals surface area contributed by atoms with Crippen LogP contribution in [0.25, 0.3) is 0 Å².